The molecule has 1 amide bonds. The zero-order valence-corrected chi connectivity index (χ0v) is 15.0. The monoisotopic (exact) mass is 352 g/mol. The molecule has 0 aliphatic carbocycles. The lowest BCUT2D eigenvalue weighted by atomic mass is 10.2. The van der Waals surface area contributed by atoms with Crippen LogP contribution in [0.2, 0.25) is 0 Å². The van der Waals surface area contributed by atoms with Gasteiger partial charge < -0.3 is 4.74 Å². The van der Waals surface area contributed by atoms with E-state index in [9.17, 15) is 4.79 Å². The van der Waals surface area contributed by atoms with Gasteiger partial charge in [0.2, 0.25) is 0 Å². The quantitative estimate of drug-likeness (QED) is 0.916. The van der Waals surface area contributed by atoms with Crippen molar-refractivity contribution in [2.24, 2.45) is 0 Å². The van der Waals surface area contributed by atoms with Crippen LogP contribution in [0.25, 0.3) is 0 Å². The van der Waals surface area contributed by atoms with Gasteiger partial charge in [0.25, 0.3) is 5.91 Å². The number of aryl methyl sites for hydroxylation is 1. The highest BCUT2D eigenvalue weighted by Gasteiger charge is 2.23. The lowest BCUT2D eigenvalue weighted by molar-refractivity contribution is -0.0707. The van der Waals surface area contributed by atoms with Gasteiger partial charge in [-0.15, -0.1) is 22.7 Å². The molecule has 1 fully saturated rings. The summed E-state index contributed by atoms with van der Waals surface area (Å²) >= 11 is 2.80. The molecule has 0 bridgehead atoms. The minimum absolute atomic E-state index is 0.139. The van der Waals surface area contributed by atoms with Crippen LogP contribution >= 0.6 is 22.7 Å². The second-order valence-electron chi connectivity index (χ2n) is 5.82. The molecule has 8 heteroatoms. The Bertz CT molecular complexity index is 675. The number of ether oxygens (including phenoxy) is 1. The molecule has 0 spiro atoms. The van der Waals surface area contributed by atoms with Gasteiger partial charge in [-0.1, -0.05) is 0 Å². The molecule has 23 heavy (non-hydrogen) atoms. The number of rotatable bonds is 4. The van der Waals surface area contributed by atoms with Crippen LogP contribution in [0, 0.1) is 6.92 Å². The van der Waals surface area contributed by atoms with Crippen molar-refractivity contribution in [2.75, 3.05) is 18.4 Å². The highest BCUT2D eigenvalue weighted by Crippen LogP contribution is 2.21. The molecule has 2 aromatic rings. The zero-order chi connectivity index (χ0) is 16.4. The predicted molar refractivity (Wildman–Crippen MR) is 92.2 cm³/mol. The third-order valence-electron chi connectivity index (χ3n) is 3.60. The molecule has 3 heterocycles. The van der Waals surface area contributed by atoms with Gasteiger partial charge in [-0.05, 0) is 20.8 Å². The third-order valence-corrected chi connectivity index (χ3v) is 5.34. The van der Waals surface area contributed by atoms with E-state index < -0.39 is 0 Å². The number of nitrogens with zero attached hydrogens (tertiary/aromatic N) is 3. The Labute approximate surface area is 143 Å². The van der Waals surface area contributed by atoms with Gasteiger partial charge in [-0.3, -0.25) is 15.0 Å². The summed E-state index contributed by atoms with van der Waals surface area (Å²) in [6.07, 6.45) is 0.483. The van der Waals surface area contributed by atoms with E-state index in [0.717, 1.165) is 31.0 Å². The van der Waals surface area contributed by atoms with Crippen LogP contribution in [-0.2, 0) is 11.3 Å². The van der Waals surface area contributed by atoms with E-state index in [2.05, 4.69) is 34.0 Å². The minimum atomic E-state index is -0.139. The Morgan fingerprint density at radius 2 is 2.13 bits per heavy atom. The number of aromatic nitrogens is 2. The molecule has 3 rings (SSSR count). The number of hydrogen-bond acceptors (Lipinski definition) is 7. The van der Waals surface area contributed by atoms with E-state index in [1.54, 1.807) is 5.51 Å². The van der Waals surface area contributed by atoms with Gasteiger partial charge in [0.15, 0.2) is 5.13 Å². The van der Waals surface area contributed by atoms with Crippen LogP contribution in [0.15, 0.2) is 10.9 Å². The van der Waals surface area contributed by atoms with Crippen LogP contribution in [0.1, 0.15) is 34.9 Å². The molecular weight excluding hydrogens is 332 g/mol. The summed E-state index contributed by atoms with van der Waals surface area (Å²) in [7, 11) is 0. The topological polar surface area (TPSA) is 67.4 Å². The van der Waals surface area contributed by atoms with Crippen molar-refractivity contribution < 1.29 is 9.53 Å². The van der Waals surface area contributed by atoms with Crippen LogP contribution in [-0.4, -0.2) is 46.1 Å². The van der Waals surface area contributed by atoms with E-state index >= 15 is 0 Å². The van der Waals surface area contributed by atoms with E-state index in [1.807, 2.05) is 12.3 Å². The van der Waals surface area contributed by atoms with Crippen molar-refractivity contribution in [1.82, 2.24) is 14.9 Å². The number of nitrogens with one attached hydrogen (secondary N) is 1. The Kier molecular flexibility index (Phi) is 5.05. The predicted octanol–water partition coefficient (Wildman–Crippen LogP) is 2.77. The molecule has 6 nitrogen and oxygen atoms in total. The molecule has 0 aromatic carbocycles. The highest BCUT2D eigenvalue weighted by molar-refractivity contribution is 7.14. The van der Waals surface area contributed by atoms with Gasteiger partial charge in [-0.25, -0.2) is 9.97 Å². The summed E-state index contributed by atoms with van der Waals surface area (Å²) in [6.45, 7) is 8.61. The molecule has 124 valence electrons. The molecule has 1 N–H and O–H groups in total. The first-order chi connectivity index (χ1) is 11.0. The highest BCUT2D eigenvalue weighted by atomic mass is 32.1. The maximum atomic E-state index is 12.2. The fourth-order valence-corrected chi connectivity index (χ4v) is 4.15. The largest absolute Gasteiger partial charge is 0.373 e. The average Bonchev–Trinajstić information content (AvgIpc) is 3.07. The minimum Gasteiger partial charge on any atom is -0.373 e. The van der Waals surface area contributed by atoms with Crippen LogP contribution in [0.3, 0.4) is 0 Å². The van der Waals surface area contributed by atoms with E-state index in [-0.39, 0.29) is 18.1 Å². The number of carbonyl (C=O) groups is 1. The number of hydrogen-bond donors (Lipinski definition) is 1. The maximum Gasteiger partial charge on any atom is 0.269 e. The molecule has 1 aliphatic heterocycles. The Morgan fingerprint density at radius 3 is 2.78 bits per heavy atom. The SMILES string of the molecule is Cc1ncsc1C(=O)Nc1nc(CN2CC(C)OC(C)C2)cs1. The second kappa shape index (κ2) is 7.04. The first-order valence-corrected chi connectivity index (χ1v) is 9.31. The van der Waals surface area contributed by atoms with Gasteiger partial charge in [0.05, 0.1) is 29.1 Å². The molecule has 0 saturated carbocycles. The number of morpholine rings is 1. The summed E-state index contributed by atoms with van der Waals surface area (Å²) in [4.78, 5) is 23.8. The van der Waals surface area contributed by atoms with E-state index in [1.165, 1.54) is 22.7 Å². The van der Waals surface area contributed by atoms with Gasteiger partial charge in [-0.2, -0.15) is 0 Å². The first-order valence-electron chi connectivity index (χ1n) is 7.55. The lowest BCUT2D eigenvalue weighted by Gasteiger charge is -2.34. The zero-order valence-electron chi connectivity index (χ0n) is 13.4. The van der Waals surface area contributed by atoms with Crippen molar-refractivity contribution >= 4 is 33.7 Å². The van der Waals surface area contributed by atoms with Crippen molar-refractivity contribution in [3.8, 4) is 0 Å². The van der Waals surface area contributed by atoms with Crippen LogP contribution < -0.4 is 5.32 Å². The lowest BCUT2D eigenvalue weighted by Crippen LogP contribution is -2.44. The summed E-state index contributed by atoms with van der Waals surface area (Å²) in [6, 6.07) is 0. The first kappa shape index (κ1) is 16.5. The normalized spacial score (nSPS) is 22.2. The van der Waals surface area contributed by atoms with Crippen LogP contribution in [0.4, 0.5) is 5.13 Å². The number of carbonyl (C=O) groups excluding carboxylic acids is 1. The Morgan fingerprint density at radius 1 is 1.39 bits per heavy atom. The number of anilines is 1. The van der Waals surface area contributed by atoms with Crippen molar-refractivity contribution in [1.29, 1.82) is 0 Å². The molecular formula is C15H20N4O2S2. The van der Waals surface area contributed by atoms with Crippen molar-refractivity contribution in [3.63, 3.8) is 0 Å². The van der Waals surface area contributed by atoms with Crippen LogP contribution in [0.5, 0.6) is 0 Å². The summed E-state index contributed by atoms with van der Waals surface area (Å²) < 4.78 is 5.74. The summed E-state index contributed by atoms with van der Waals surface area (Å²) in [5.41, 5.74) is 3.41. The van der Waals surface area contributed by atoms with Crippen molar-refractivity contribution in [3.05, 3.63) is 27.2 Å². The molecule has 1 saturated heterocycles. The summed E-state index contributed by atoms with van der Waals surface area (Å²) in [5, 5.41) is 5.49. The third kappa shape index (κ3) is 4.14. The Hall–Kier alpha value is -1.35. The van der Waals surface area contributed by atoms with Gasteiger partial charge >= 0.3 is 0 Å². The molecule has 2 unspecified atom stereocenters. The maximum absolute atomic E-state index is 12.2. The molecule has 2 atom stereocenters. The van der Waals surface area contributed by atoms with Crippen molar-refractivity contribution in [2.45, 2.75) is 39.5 Å². The summed E-state index contributed by atoms with van der Waals surface area (Å²) in [5.74, 6) is -0.139. The van der Waals surface area contributed by atoms with Gasteiger partial charge in [0.1, 0.15) is 4.88 Å². The fourth-order valence-electron chi connectivity index (χ4n) is 2.75. The Balaban J connectivity index is 1.60. The average molecular weight is 352 g/mol. The molecule has 0 radical (unpaired) electrons. The second-order valence-corrected chi connectivity index (χ2v) is 7.53. The van der Waals surface area contributed by atoms with E-state index in [0.29, 0.717) is 10.0 Å². The standard InChI is InChI=1S/C15H20N4O2S2/c1-9-4-19(5-10(2)21-9)6-12-7-22-15(17-12)18-14(20)13-11(3)16-8-23-13/h7-10H,4-6H2,1-3H3,(H,17,18,20). The molecule has 2 aromatic heterocycles. The number of thiazole rings is 2. The molecule has 1 aliphatic rings. The smallest absolute Gasteiger partial charge is 0.269 e. The van der Waals surface area contributed by atoms with Gasteiger partial charge in [0, 0.05) is 25.0 Å². The number of amides is 1. The van der Waals surface area contributed by atoms with E-state index in [4.69, 9.17) is 4.74 Å². The fraction of sp³-hybridized carbons (Fsp3) is 0.533.